The van der Waals surface area contributed by atoms with E-state index in [1.807, 2.05) is 55.5 Å². The minimum Gasteiger partial charge on any atom is -0.370 e. The number of nitrogens with zero attached hydrogens (tertiary/aromatic N) is 2. The van der Waals surface area contributed by atoms with E-state index in [1.54, 1.807) is 6.08 Å². The Hall–Kier alpha value is -4.13. The van der Waals surface area contributed by atoms with Crippen LogP contribution in [0.15, 0.2) is 94.9 Å². The summed E-state index contributed by atoms with van der Waals surface area (Å²) >= 11 is 0. The molecule has 0 radical (unpaired) electrons. The zero-order chi connectivity index (χ0) is 28.6. The highest BCUT2D eigenvalue weighted by Gasteiger charge is 2.33. The fourth-order valence-electron chi connectivity index (χ4n) is 4.22. The number of allylic oxidation sites excluding steroid dienone is 2. The van der Waals surface area contributed by atoms with Crippen LogP contribution in [-0.2, 0) is 0 Å². The van der Waals surface area contributed by atoms with Crippen LogP contribution in [0.1, 0.15) is 50.7 Å². The van der Waals surface area contributed by atoms with Crippen molar-refractivity contribution in [3.05, 3.63) is 96.1 Å². The molecule has 0 amide bonds. The molecule has 39 heavy (non-hydrogen) atoms. The number of alkyl halides is 3. The van der Waals surface area contributed by atoms with Crippen LogP contribution in [0.25, 0.3) is 27.1 Å². The third kappa shape index (κ3) is 7.93. The van der Waals surface area contributed by atoms with E-state index in [9.17, 15) is 13.2 Å². The van der Waals surface area contributed by atoms with Crippen LogP contribution in [0.4, 0.5) is 18.9 Å². The van der Waals surface area contributed by atoms with Gasteiger partial charge in [-0.15, -0.1) is 0 Å². The normalized spacial score (nSPS) is 13.1. The SMILES string of the molecule is CCC(C)c1ccc(N=C(N)N)cc1.CN=C(C/C=C(\C)c1ccc2c(ccc3ccccc32)c1)C(F)(F)F. The summed E-state index contributed by atoms with van der Waals surface area (Å²) < 4.78 is 38.3. The van der Waals surface area contributed by atoms with Crippen molar-refractivity contribution in [3.8, 4) is 0 Å². The van der Waals surface area contributed by atoms with Gasteiger partial charge in [0.15, 0.2) is 5.96 Å². The molecule has 1 atom stereocenters. The average Bonchev–Trinajstić information content (AvgIpc) is 2.92. The molecule has 4 rings (SSSR count). The number of rotatable bonds is 6. The fourth-order valence-corrected chi connectivity index (χ4v) is 4.22. The Morgan fingerprint density at radius 2 is 1.54 bits per heavy atom. The predicted octanol–water partition coefficient (Wildman–Crippen LogP) is 8.52. The molecule has 0 heterocycles. The first-order valence-electron chi connectivity index (χ1n) is 12.8. The van der Waals surface area contributed by atoms with Gasteiger partial charge in [-0.2, -0.15) is 13.2 Å². The van der Waals surface area contributed by atoms with Gasteiger partial charge in [-0.3, -0.25) is 4.99 Å². The Bertz CT molecular complexity index is 1500. The first kappa shape index (κ1) is 29.4. The number of nitrogens with two attached hydrogens (primary N) is 2. The second-order valence-electron chi connectivity index (χ2n) is 9.42. The maximum Gasteiger partial charge on any atom is 0.429 e. The summed E-state index contributed by atoms with van der Waals surface area (Å²) in [7, 11) is 1.17. The van der Waals surface area contributed by atoms with Crippen molar-refractivity contribution < 1.29 is 13.2 Å². The summed E-state index contributed by atoms with van der Waals surface area (Å²) in [6.07, 6.45) is -1.88. The minimum absolute atomic E-state index is 0.0984. The molecule has 4 aromatic rings. The summed E-state index contributed by atoms with van der Waals surface area (Å²) in [5.74, 6) is 0.685. The van der Waals surface area contributed by atoms with Gasteiger partial charge in [0.05, 0.1) is 5.69 Å². The maximum absolute atomic E-state index is 12.8. The van der Waals surface area contributed by atoms with Gasteiger partial charge in [0, 0.05) is 13.5 Å². The molecule has 0 aromatic heterocycles. The summed E-state index contributed by atoms with van der Waals surface area (Å²) in [4.78, 5) is 7.31. The predicted molar refractivity (Wildman–Crippen MR) is 160 cm³/mol. The lowest BCUT2D eigenvalue weighted by molar-refractivity contribution is -0.0600. The van der Waals surface area contributed by atoms with E-state index in [1.165, 1.54) is 23.4 Å². The molecule has 0 bridgehead atoms. The highest BCUT2D eigenvalue weighted by atomic mass is 19.4. The van der Waals surface area contributed by atoms with Crippen LogP contribution < -0.4 is 11.5 Å². The Kier molecular flexibility index (Phi) is 9.88. The zero-order valence-electron chi connectivity index (χ0n) is 22.8. The van der Waals surface area contributed by atoms with Gasteiger partial charge < -0.3 is 11.5 Å². The second-order valence-corrected chi connectivity index (χ2v) is 9.42. The van der Waals surface area contributed by atoms with Crippen LogP contribution in [0.5, 0.6) is 0 Å². The van der Waals surface area contributed by atoms with Gasteiger partial charge >= 0.3 is 6.18 Å². The van der Waals surface area contributed by atoms with E-state index < -0.39 is 11.9 Å². The topological polar surface area (TPSA) is 76.8 Å². The molecule has 0 aliphatic heterocycles. The highest BCUT2D eigenvalue weighted by Crippen LogP contribution is 2.29. The molecule has 0 aliphatic carbocycles. The number of guanidine groups is 1. The number of aliphatic imine (C=N–C) groups is 2. The third-order valence-corrected chi connectivity index (χ3v) is 6.73. The molecule has 204 valence electrons. The van der Waals surface area contributed by atoms with E-state index >= 15 is 0 Å². The van der Waals surface area contributed by atoms with Crippen molar-refractivity contribution in [2.24, 2.45) is 21.5 Å². The molecule has 4 nitrogen and oxygen atoms in total. The molecule has 0 spiro atoms. The number of hydrogen-bond acceptors (Lipinski definition) is 2. The monoisotopic (exact) mass is 532 g/mol. The van der Waals surface area contributed by atoms with Gasteiger partial charge in [-0.25, -0.2) is 4.99 Å². The number of hydrogen-bond donors (Lipinski definition) is 2. The largest absolute Gasteiger partial charge is 0.429 e. The maximum atomic E-state index is 12.8. The smallest absolute Gasteiger partial charge is 0.370 e. The van der Waals surface area contributed by atoms with Crippen molar-refractivity contribution >= 4 is 44.5 Å². The van der Waals surface area contributed by atoms with Crippen molar-refractivity contribution in [1.29, 1.82) is 0 Å². The van der Waals surface area contributed by atoms with Gasteiger partial charge in [0.25, 0.3) is 0 Å². The molecular weight excluding hydrogens is 497 g/mol. The highest BCUT2D eigenvalue weighted by molar-refractivity contribution is 6.08. The summed E-state index contributed by atoms with van der Waals surface area (Å²) in [5.41, 5.74) is 13.6. The second kappa shape index (κ2) is 13.1. The molecule has 0 saturated carbocycles. The molecule has 1 unspecified atom stereocenters. The van der Waals surface area contributed by atoms with E-state index in [4.69, 9.17) is 11.5 Å². The Labute approximate surface area is 228 Å². The quantitative estimate of drug-likeness (QED) is 0.148. The molecule has 0 aliphatic rings. The van der Waals surface area contributed by atoms with Crippen LogP contribution in [-0.4, -0.2) is 24.9 Å². The lowest BCUT2D eigenvalue weighted by atomic mass is 9.97. The first-order chi connectivity index (χ1) is 18.5. The molecule has 4 aromatic carbocycles. The first-order valence-corrected chi connectivity index (χ1v) is 12.8. The standard InChI is InChI=1S/C21H18F3N.C11H17N3/c1-14(7-12-20(25-2)21(22,23)24)16-10-11-19-17(13-16)9-8-15-5-3-4-6-18(15)19;1-3-8(2)9-4-6-10(7-5-9)14-11(12)13/h3-11,13H,12H2,1-2H3;4-8H,3H2,1-2H3,(H4,12,13,14)/b14-7+,25-20?;. The number of halogens is 3. The van der Waals surface area contributed by atoms with Crippen LogP contribution in [0.2, 0.25) is 0 Å². The van der Waals surface area contributed by atoms with E-state index in [2.05, 4.69) is 54.2 Å². The van der Waals surface area contributed by atoms with E-state index in [0.29, 0.717) is 5.92 Å². The number of fused-ring (bicyclic) bond motifs is 3. The fraction of sp³-hybridized carbons (Fsp3) is 0.250. The minimum atomic E-state index is -4.38. The summed E-state index contributed by atoms with van der Waals surface area (Å²) in [6, 6.07) is 26.3. The van der Waals surface area contributed by atoms with Gasteiger partial charge in [-0.05, 0) is 75.7 Å². The van der Waals surface area contributed by atoms with Crippen molar-refractivity contribution in [1.82, 2.24) is 0 Å². The van der Waals surface area contributed by atoms with Gasteiger partial charge in [-0.1, -0.05) is 80.6 Å². The Morgan fingerprint density at radius 1 is 0.897 bits per heavy atom. The van der Waals surface area contributed by atoms with Crippen LogP contribution in [0.3, 0.4) is 0 Å². The number of benzene rings is 4. The van der Waals surface area contributed by atoms with Crippen LogP contribution >= 0.6 is 0 Å². The van der Waals surface area contributed by atoms with E-state index in [0.717, 1.165) is 34.0 Å². The average molecular weight is 533 g/mol. The van der Waals surface area contributed by atoms with Crippen molar-refractivity contribution in [2.75, 3.05) is 7.05 Å². The lowest BCUT2D eigenvalue weighted by Gasteiger charge is -2.09. The lowest BCUT2D eigenvalue weighted by Crippen LogP contribution is -2.22. The van der Waals surface area contributed by atoms with Crippen LogP contribution in [0, 0.1) is 0 Å². The Balaban J connectivity index is 0.000000255. The summed E-state index contributed by atoms with van der Waals surface area (Å²) in [6.45, 7) is 6.20. The molecule has 7 heteroatoms. The van der Waals surface area contributed by atoms with E-state index in [-0.39, 0.29) is 12.4 Å². The molecule has 4 N–H and O–H groups in total. The zero-order valence-corrected chi connectivity index (χ0v) is 22.8. The van der Waals surface area contributed by atoms with Gasteiger partial charge in [0.2, 0.25) is 0 Å². The Morgan fingerprint density at radius 3 is 2.15 bits per heavy atom. The third-order valence-electron chi connectivity index (χ3n) is 6.73. The van der Waals surface area contributed by atoms with Crippen molar-refractivity contribution in [2.45, 2.75) is 45.7 Å². The van der Waals surface area contributed by atoms with Gasteiger partial charge in [0.1, 0.15) is 5.71 Å². The molecule has 0 fully saturated rings. The van der Waals surface area contributed by atoms with Crippen molar-refractivity contribution in [3.63, 3.8) is 0 Å². The molecular formula is C32H35F3N4. The summed E-state index contributed by atoms with van der Waals surface area (Å²) in [5, 5.41) is 4.56. The molecule has 0 saturated heterocycles.